The zero-order chi connectivity index (χ0) is 12.8. The van der Waals surface area contributed by atoms with Gasteiger partial charge in [-0.25, -0.2) is 4.79 Å². The van der Waals surface area contributed by atoms with E-state index in [1.165, 1.54) is 0 Å². The lowest BCUT2D eigenvalue weighted by Gasteiger charge is -2.07. The minimum absolute atomic E-state index is 0.296. The van der Waals surface area contributed by atoms with Crippen molar-refractivity contribution in [3.8, 4) is 11.3 Å². The minimum Gasteiger partial charge on any atom is -0.464 e. The maximum Gasteiger partial charge on any atom is 0.338 e. The number of carbonyl (C=O) groups is 1. The Morgan fingerprint density at radius 1 is 1.22 bits per heavy atom. The van der Waals surface area contributed by atoms with Gasteiger partial charge in [-0.15, -0.1) is 0 Å². The molecule has 1 aromatic heterocycles. The van der Waals surface area contributed by atoms with Crippen LogP contribution in [0.1, 0.15) is 30.1 Å². The molecule has 0 saturated heterocycles. The van der Waals surface area contributed by atoms with Crippen LogP contribution in [0.25, 0.3) is 11.3 Å². The number of benzene rings is 1. The molecule has 0 spiro atoms. The first-order valence-electron chi connectivity index (χ1n) is 6.13. The highest BCUT2D eigenvalue weighted by Crippen LogP contribution is 2.24. The molecule has 3 heteroatoms. The fourth-order valence-corrected chi connectivity index (χ4v) is 1.69. The summed E-state index contributed by atoms with van der Waals surface area (Å²) >= 11 is 0. The van der Waals surface area contributed by atoms with E-state index in [4.69, 9.17) is 9.15 Å². The van der Waals surface area contributed by atoms with E-state index in [2.05, 4.69) is 6.92 Å². The molecule has 1 aromatic carbocycles. The molecule has 0 radical (unpaired) electrons. The summed E-state index contributed by atoms with van der Waals surface area (Å²) in [5.41, 5.74) is 1.31. The quantitative estimate of drug-likeness (QED) is 0.591. The standard InChI is InChI=1S/C15H16O3/c1-2-3-10-18-15(16)13-8-5-4-7-12(13)14-9-6-11-17-14/h4-9,11H,2-3,10H2,1H3. The summed E-state index contributed by atoms with van der Waals surface area (Å²) in [5.74, 6) is 0.383. The van der Waals surface area contributed by atoms with Crippen molar-refractivity contribution < 1.29 is 13.9 Å². The van der Waals surface area contributed by atoms with Gasteiger partial charge in [0.2, 0.25) is 0 Å². The number of rotatable bonds is 5. The highest BCUT2D eigenvalue weighted by atomic mass is 16.5. The molecule has 0 aliphatic heterocycles. The Balaban J connectivity index is 2.20. The van der Waals surface area contributed by atoms with Crippen LogP contribution in [0, 0.1) is 0 Å². The zero-order valence-electron chi connectivity index (χ0n) is 10.4. The predicted octanol–water partition coefficient (Wildman–Crippen LogP) is 3.90. The predicted molar refractivity (Wildman–Crippen MR) is 69.3 cm³/mol. The van der Waals surface area contributed by atoms with Gasteiger partial charge in [-0.1, -0.05) is 31.5 Å². The highest BCUT2D eigenvalue weighted by molar-refractivity contribution is 5.96. The van der Waals surface area contributed by atoms with E-state index in [0.29, 0.717) is 17.9 Å². The zero-order valence-corrected chi connectivity index (χ0v) is 10.4. The van der Waals surface area contributed by atoms with Crippen LogP contribution < -0.4 is 0 Å². The van der Waals surface area contributed by atoms with Crippen molar-refractivity contribution in [2.45, 2.75) is 19.8 Å². The lowest BCUT2D eigenvalue weighted by molar-refractivity contribution is 0.0500. The molecule has 0 aliphatic rings. The van der Waals surface area contributed by atoms with Crippen molar-refractivity contribution in [2.24, 2.45) is 0 Å². The van der Waals surface area contributed by atoms with Crippen LogP contribution in [0.4, 0.5) is 0 Å². The highest BCUT2D eigenvalue weighted by Gasteiger charge is 2.14. The largest absolute Gasteiger partial charge is 0.464 e. The summed E-state index contributed by atoms with van der Waals surface area (Å²) in [6.45, 7) is 2.52. The van der Waals surface area contributed by atoms with Gasteiger partial charge in [0, 0.05) is 5.56 Å². The molecule has 2 rings (SSSR count). The molecule has 18 heavy (non-hydrogen) atoms. The van der Waals surface area contributed by atoms with Crippen molar-refractivity contribution in [3.63, 3.8) is 0 Å². The number of hydrogen-bond acceptors (Lipinski definition) is 3. The molecule has 0 fully saturated rings. The number of hydrogen-bond donors (Lipinski definition) is 0. The van der Waals surface area contributed by atoms with Crippen molar-refractivity contribution in [1.29, 1.82) is 0 Å². The molecule has 0 saturated carbocycles. The summed E-state index contributed by atoms with van der Waals surface area (Å²) in [6, 6.07) is 10.9. The van der Waals surface area contributed by atoms with E-state index in [-0.39, 0.29) is 5.97 Å². The number of carbonyl (C=O) groups excluding carboxylic acids is 1. The van der Waals surface area contributed by atoms with Crippen LogP contribution in [0.2, 0.25) is 0 Å². The average molecular weight is 244 g/mol. The number of ether oxygens (including phenoxy) is 1. The first kappa shape index (κ1) is 12.4. The normalized spacial score (nSPS) is 10.3. The fourth-order valence-electron chi connectivity index (χ4n) is 1.69. The Hall–Kier alpha value is -2.03. The molecule has 0 amide bonds. The second-order valence-corrected chi connectivity index (χ2v) is 4.01. The third kappa shape index (κ3) is 2.80. The van der Waals surface area contributed by atoms with E-state index in [9.17, 15) is 4.79 Å². The van der Waals surface area contributed by atoms with Crippen LogP contribution >= 0.6 is 0 Å². The summed E-state index contributed by atoms with van der Waals surface area (Å²) < 4.78 is 10.6. The van der Waals surface area contributed by atoms with Crippen LogP contribution in [0.5, 0.6) is 0 Å². The van der Waals surface area contributed by atoms with Gasteiger partial charge in [0.1, 0.15) is 5.76 Å². The van der Waals surface area contributed by atoms with E-state index >= 15 is 0 Å². The molecular formula is C15H16O3. The third-order valence-electron chi connectivity index (χ3n) is 2.66. The Morgan fingerprint density at radius 3 is 2.78 bits per heavy atom. The lowest BCUT2D eigenvalue weighted by atomic mass is 10.1. The van der Waals surface area contributed by atoms with Gasteiger partial charge in [-0.3, -0.25) is 0 Å². The maximum atomic E-state index is 12.0. The maximum absolute atomic E-state index is 12.0. The SMILES string of the molecule is CCCCOC(=O)c1ccccc1-c1ccco1. The van der Waals surface area contributed by atoms with Gasteiger partial charge >= 0.3 is 5.97 Å². The summed E-state index contributed by atoms with van der Waals surface area (Å²) in [6.07, 6.45) is 3.48. The molecule has 0 aliphatic carbocycles. The van der Waals surface area contributed by atoms with Crippen molar-refractivity contribution in [2.75, 3.05) is 6.61 Å². The van der Waals surface area contributed by atoms with Gasteiger partial charge in [-0.05, 0) is 24.6 Å². The third-order valence-corrected chi connectivity index (χ3v) is 2.66. The molecule has 1 heterocycles. The van der Waals surface area contributed by atoms with Gasteiger partial charge in [0.05, 0.1) is 18.4 Å². The van der Waals surface area contributed by atoms with Crippen molar-refractivity contribution in [3.05, 3.63) is 48.2 Å². The summed E-state index contributed by atoms with van der Waals surface area (Å²) in [5, 5.41) is 0. The monoisotopic (exact) mass is 244 g/mol. The van der Waals surface area contributed by atoms with E-state index < -0.39 is 0 Å². The summed E-state index contributed by atoms with van der Waals surface area (Å²) in [4.78, 5) is 12.0. The topological polar surface area (TPSA) is 39.4 Å². The molecule has 0 atom stereocenters. The van der Waals surface area contributed by atoms with Crippen molar-refractivity contribution in [1.82, 2.24) is 0 Å². The van der Waals surface area contributed by atoms with Gasteiger partial charge < -0.3 is 9.15 Å². The van der Waals surface area contributed by atoms with Gasteiger partial charge in [0.25, 0.3) is 0 Å². The minimum atomic E-state index is -0.296. The molecular weight excluding hydrogens is 228 g/mol. The van der Waals surface area contributed by atoms with Gasteiger partial charge in [0.15, 0.2) is 0 Å². The Kier molecular flexibility index (Phi) is 4.18. The molecule has 0 N–H and O–H groups in total. The number of esters is 1. The average Bonchev–Trinajstić information content (AvgIpc) is 2.93. The smallest absolute Gasteiger partial charge is 0.338 e. The fraction of sp³-hybridized carbons (Fsp3) is 0.267. The van der Waals surface area contributed by atoms with E-state index in [1.54, 1.807) is 18.4 Å². The molecule has 3 nitrogen and oxygen atoms in total. The van der Waals surface area contributed by atoms with Gasteiger partial charge in [-0.2, -0.15) is 0 Å². The van der Waals surface area contributed by atoms with E-state index in [1.807, 2.05) is 24.3 Å². The molecule has 94 valence electrons. The molecule has 2 aromatic rings. The number of unbranched alkanes of at least 4 members (excludes halogenated alkanes) is 1. The number of furan rings is 1. The van der Waals surface area contributed by atoms with Crippen LogP contribution in [0.3, 0.4) is 0 Å². The van der Waals surface area contributed by atoms with E-state index in [0.717, 1.165) is 18.4 Å². The molecule has 0 bridgehead atoms. The van der Waals surface area contributed by atoms with Crippen LogP contribution in [0.15, 0.2) is 47.1 Å². The Bertz CT molecular complexity index is 500. The Morgan fingerprint density at radius 2 is 2.06 bits per heavy atom. The molecule has 0 unspecified atom stereocenters. The lowest BCUT2D eigenvalue weighted by Crippen LogP contribution is -2.07. The first-order valence-corrected chi connectivity index (χ1v) is 6.13. The van der Waals surface area contributed by atoms with Crippen LogP contribution in [-0.2, 0) is 4.74 Å². The van der Waals surface area contributed by atoms with Crippen molar-refractivity contribution >= 4 is 5.97 Å². The second-order valence-electron chi connectivity index (χ2n) is 4.01. The van der Waals surface area contributed by atoms with Crippen LogP contribution in [-0.4, -0.2) is 12.6 Å². The first-order chi connectivity index (χ1) is 8.83. The Labute approximate surface area is 106 Å². The second kappa shape index (κ2) is 6.05. The summed E-state index contributed by atoms with van der Waals surface area (Å²) in [7, 11) is 0.